The lowest BCUT2D eigenvalue weighted by molar-refractivity contribution is 0.554. The fraction of sp³-hybridized carbons (Fsp3) is 0.667. The zero-order chi connectivity index (χ0) is 19.6. The van der Waals surface area contributed by atoms with Crippen molar-refractivity contribution < 1.29 is 0 Å². The molecule has 9 heteroatoms. The van der Waals surface area contributed by atoms with Crippen molar-refractivity contribution in [3.63, 3.8) is 0 Å². The second kappa shape index (κ2) is 11.0. The third-order valence-corrected chi connectivity index (χ3v) is 5.02. The molecule has 8 nitrogen and oxygen atoms in total. The topological polar surface area (TPSA) is 85.0 Å². The molecule has 150 valence electrons. The normalized spacial score (nSPS) is 11.8. The van der Waals surface area contributed by atoms with Gasteiger partial charge in [-0.25, -0.2) is 4.99 Å². The van der Waals surface area contributed by atoms with E-state index in [0.29, 0.717) is 6.54 Å². The third kappa shape index (κ3) is 6.89. The summed E-state index contributed by atoms with van der Waals surface area (Å²) in [6.07, 6.45) is 4.22. The Morgan fingerprint density at radius 2 is 1.89 bits per heavy atom. The molecule has 0 saturated carbocycles. The predicted molar refractivity (Wildman–Crippen MR) is 112 cm³/mol. The molecule has 2 rings (SSSR count). The van der Waals surface area contributed by atoms with Crippen LogP contribution in [0.2, 0.25) is 0 Å². The number of aryl methyl sites for hydroxylation is 4. The molecule has 0 bridgehead atoms. The molecule has 0 amide bonds. The van der Waals surface area contributed by atoms with Crippen LogP contribution in [0.15, 0.2) is 11.1 Å². The Balaban J connectivity index is 1.85. The maximum atomic E-state index is 4.67. The Hall–Kier alpha value is -2.03. The smallest absolute Gasteiger partial charge is 0.191 e. The van der Waals surface area contributed by atoms with E-state index in [1.807, 2.05) is 37.2 Å². The van der Waals surface area contributed by atoms with Crippen molar-refractivity contribution in [1.29, 1.82) is 0 Å². The molecule has 0 aliphatic heterocycles. The minimum atomic E-state index is 0.507. The lowest BCUT2D eigenvalue weighted by Gasteiger charge is -2.13. The Bertz CT molecular complexity index is 734. The first-order valence-electron chi connectivity index (χ1n) is 9.38. The molecule has 27 heavy (non-hydrogen) atoms. The summed E-state index contributed by atoms with van der Waals surface area (Å²) in [6.45, 7) is 9.21. The number of aliphatic imine (C=N–C) groups is 1. The molecular weight excluding hydrogens is 360 g/mol. The van der Waals surface area contributed by atoms with Crippen molar-refractivity contribution in [2.75, 3.05) is 25.1 Å². The van der Waals surface area contributed by atoms with E-state index in [-0.39, 0.29) is 0 Å². The van der Waals surface area contributed by atoms with Gasteiger partial charge in [-0.1, -0.05) is 0 Å². The first kappa shape index (κ1) is 21.3. The Morgan fingerprint density at radius 3 is 2.48 bits per heavy atom. The highest BCUT2D eigenvalue weighted by molar-refractivity contribution is 7.98. The van der Waals surface area contributed by atoms with Gasteiger partial charge in [-0.05, 0) is 51.7 Å². The van der Waals surface area contributed by atoms with Gasteiger partial charge in [0.1, 0.15) is 12.4 Å². The third-order valence-electron chi connectivity index (χ3n) is 4.32. The van der Waals surface area contributed by atoms with E-state index < -0.39 is 0 Å². The second-order valence-electron chi connectivity index (χ2n) is 6.59. The van der Waals surface area contributed by atoms with E-state index in [4.69, 9.17) is 0 Å². The zero-order valence-electron chi connectivity index (χ0n) is 17.1. The molecule has 0 radical (unpaired) electrons. The first-order chi connectivity index (χ1) is 13.0. The number of nitrogens with zero attached hydrogens (tertiary/aromatic N) is 6. The van der Waals surface area contributed by atoms with Crippen LogP contribution in [0.1, 0.15) is 35.9 Å². The van der Waals surface area contributed by atoms with Crippen molar-refractivity contribution in [2.24, 2.45) is 12.0 Å². The van der Waals surface area contributed by atoms with Crippen molar-refractivity contribution in [3.05, 3.63) is 29.1 Å². The lowest BCUT2D eigenvalue weighted by atomic mass is 10.4. The van der Waals surface area contributed by atoms with Gasteiger partial charge in [-0.15, -0.1) is 10.2 Å². The number of nitrogens with one attached hydrogen (secondary N) is 2. The molecule has 0 saturated heterocycles. The molecule has 0 unspecified atom stereocenters. The van der Waals surface area contributed by atoms with Crippen LogP contribution in [0.3, 0.4) is 0 Å². The minimum Gasteiger partial charge on any atom is -0.356 e. The van der Waals surface area contributed by atoms with E-state index in [9.17, 15) is 0 Å². The molecule has 2 aromatic rings. The average Bonchev–Trinajstić information content (AvgIpc) is 3.13. The van der Waals surface area contributed by atoms with Gasteiger partial charge in [0.05, 0.1) is 5.69 Å². The largest absolute Gasteiger partial charge is 0.356 e. The van der Waals surface area contributed by atoms with E-state index in [1.54, 1.807) is 0 Å². The van der Waals surface area contributed by atoms with Gasteiger partial charge >= 0.3 is 0 Å². The van der Waals surface area contributed by atoms with E-state index in [0.717, 1.165) is 61.5 Å². The first-order valence-corrected chi connectivity index (χ1v) is 10.8. The number of rotatable bonds is 10. The Labute approximate surface area is 166 Å². The fourth-order valence-corrected chi connectivity index (χ4v) is 3.11. The molecule has 0 spiro atoms. The predicted octanol–water partition coefficient (Wildman–Crippen LogP) is 1.82. The quantitative estimate of drug-likeness (QED) is 0.364. The number of guanidine groups is 1. The van der Waals surface area contributed by atoms with E-state index >= 15 is 0 Å². The van der Waals surface area contributed by atoms with E-state index in [1.165, 1.54) is 5.69 Å². The minimum absolute atomic E-state index is 0.507. The lowest BCUT2D eigenvalue weighted by Crippen LogP contribution is -2.39. The molecule has 0 atom stereocenters. The summed E-state index contributed by atoms with van der Waals surface area (Å²) in [4.78, 5) is 4.67. The number of aromatic nitrogens is 5. The van der Waals surface area contributed by atoms with Gasteiger partial charge in [0.2, 0.25) is 0 Å². The summed E-state index contributed by atoms with van der Waals surface area (Å²) in [5, 5.41) is 19.6. The molecule has 0 aromatic carbocycles. The van der Waals surface area contributed by atoms with Crippen LogP contribution in [-0.4, -0.2) is 55.6 Å². The van der Waals surface area contributed by atoms with Gasteiger partial charge in [-0.2, -0.15) is 16.9 Å². The standard InChI is InChI=1S/C18H32N8S/c1-14-12-15(2)26(24-14)10-6-8-19-18(20-9-7-11-27-5)21-13-17-23-22-16(3)25(17)4/h12H,6-11,13H2,1-5H3,(H2,19,20,21). The molecule has 2 aromatic heterocycles. The number of hydrogen-bond acceptors (Lipinski definition) is 5. The van der Waals surface area contributed by atoms with Gasteiger partial charge in [0.25, 0.3) is 0 Å². The van der Waals surface area contributed by atoms with Crippen LogP contribution in [0.5, 0.6) is 0 Å². The molecule has 0 aliphatic rings. The molecular formula is C18H32N8S. The highest BCUT2D eigenvalue weighted by Gasteiger charge is 2.05. The van der Waals surface area contributed by atoms with Crippen LogP contribution in [0.25, 0.3) is 0 Å². The van der Waals surface area contributed by atoms with Crippen molar-refractivity contribution in [2.45, 2.75) is 46.7 Å². The van der Waals surface area contributed by atoms with Gasteiger partial charge in [0.15, 0.2) is 11.8 Å². The van der Waals surface area contributed by atoms with Crippen LogP contribution >= 0.6 is 11.8 Å². The van der Waals surface area contributed by atoms with Crippen molar-refractivity contribution in [3.8, 4) is 0 Å². The number of thioether (sulfide) groups is 1. The zero-order valence-corrected chi connectivity index (χ0v) is 17.9. The maximum Gasteiger partial charge on any atom is 0.191 e. The monoisotopic (exact) mass is 392 g/mol. The van der Waals surface area contributed by atoms with Crippen LogP contribution < -0.4 is 10.6 Å². The molecule has 2 heterocycles. The van der Waals surface area contributed by atoms with Gasteiger partial charge in [0, 0.05) is 32.4 Å². The summed E-state index contributed by atoms with van der Waals surface area (Å²) in [7, 11) is 1.97. The SMILES string of the molecule is CSCCCNC(=NCc1nnc(C)n1C)NCCCn1nc(C)cc1C. The summed E-state index contributed by atoms with van der Waals surface area (Å²) >= 11 is 1.86. The summed E-state index contributed by atoms with van der Waals surface area (Å²) in [6, 6.07) is 2.11. The number of hydrogen-bond donors (Lipinski definition) is 2. The van der Waals surface area contributed by atoms with Crippen molar-refractivity contribution >= 4 is 17.7 Å². The van der Waals surface area contributed by atoms with Crippen LogP contribution in [0, 0.1) is 20.8 Å². The fourth-order valence-electron chi connectivity index (χ4n) is 2.67. The van der Waals surface area contributed by atoms with E-state index in [2.05, 4.69) is 54.8 Å². The molecule has 2 N–H and O–H groups in total. The summed E-state index contributed by atoms with van der Waals surface area (Å²) in [5.74, 6) is 3.72. The van der Waals surface area contributed by atoms with Crippen molar-refractivity contribution in [1.82, 2.24) is 35.2 Å². The second-order valence-corrected chi connectivity index (χ2v) is 7.58. The molecule has 0 aliphatic carbocycles. The summed E-state index contributed by atoms with van der Waals surface area (Å²) < 4.78 is 4.03. The Kier molecular flexibility index (Phi) is 8.63. The highest BCUT2D eigenvalue weighted by atomic mass is 32.2. The summed E-state index contributed by atoms with van der Waals surface area (Å²) in [5.41, 5.74) is 2.27. The van der Waals surface area contributed by atoms with Gasteiger partial charge in [-0.3, -0.25) is 4.68 Å². The van der Waals surface area contributed by atoms with Crippen LogP contribution in [-0.2, 0) is 20.1 Å². The Morgan fingerprint density at radius 1 is 1.15 bits per heavy atom. The average molecular weight is 393 g/mol. The van der Waals surface area contributed by atoms with Crippen LogP contribution in [0.4, 0.5) is 0 Å². The molecule has 0 fully saturated rings. The maximum absolute atomic E-state index is 4.67. The highest BCUT2D eigenvalue weighted by Crippen LogP contribution is 2.02. The van der Waals surface area contributed by atoms with Gasteiger partial charge < -0.3 is 15.2 Å².